The van der Waals surface area contributed by atoms with Gasteiger partial charge >= 0.3 is 0 Å². The molecule has 0 bridgehead atoms. The molecule has 1 aromatic rings. The standard InChI is InChI=1S/C15H19ClS/c16-13-6-3-4-11(8-13)9-14-10-12-5-1-2-7-15(12)17-14/h1-2,5,7,11,13-14H,3-4,6,8-10H2. The molecule has 0 amide bonds. The molecule has 0 aromatic heterocycles. The number of hydrogen-bond donors (Lipinski definition) is 0. The lowest BCUT2D eigenvalue weighted by atomic mass is 9.85. The van der Waals surface area contributed by atoms with Gasteiger partial charge in [-0.15, -0.1) is 23.4 Å². The van der Waals surface area contributed by atoms with Gasteiger partial charge in [-0.2, -0.15) is 0 Å². The van der Waals surface area contributed by atoms with E-state index in [4.69, 9.17) is 11.6 Å². The van der Waals surface area contributed by atoms with Gasteiger partial charge in [0, 0.05) is 15.5 Å². The van der Waals surface area contributed by atoms with Crippen LogP contribution in [0.5, 0.6) is 0 Å². The predicted octanol–water partition coefficient (Wildman–Crippen LogP) is 4.89. The summed E-state index contributed by atoms with van der Waals surface area (Å²) in [7, 11) is 0. The smallest absolute Gasteiger partial charge is 0.0338 e. The highest BCUT2D eigenvalue weighted by Crippen LogP contribution is 2.42. The van der Waals surface area contributed by atoms with Crippen LogP contribution in [0.4, 0.5) is 0 Å². The van der Waals surface area contributed by atoms with Gasteiger partial charge in [-0.3, -0.25) is 0 Å². The Morgan fingerprint density at radius 1 is 1.24 bits per heavy atom. The average molecular weight is 267 g/mol. The van der Waals surface area contributed by atoms with E-state index in [-0.39, 0.29) is 0 Å². The van der Waals surface area contributed by atoms with Crippen LogP contribution in [0.15, 0.2) is 29.2 Å². The lowest BCUT2D eigenvalue weighted by Gasteiger charge is -2.27. The summed E-state index contributed by atoms with van der Waals surface area (Å²) < 4.78 is 0. The van der Waals surface area contributed by atoms with E-state index in [1.54, 1.807) is 5.56 Å². The van der Waals surface area contributed by atoms with Gasteiger partial charge in [0.1, 0.15) is 0 Å². The molecular weight excluding hydrogens is 248 g/mol. The van der Waals surface area contributed by atoms with Crippen LogP contribution < -0.4 is 0 Å². The molecule has 3 unspecified atom stereocenters. The maximum Gasteiger partial charge on any atom is 0.0338 e. The van der Waals surface area contributed by atoms with Crippen LogP contribution in [0.2, 0.25) is 0 Å². The van der Waals surface area contributed by atoms with E-state index in [0.717, 1.165) is 11.2 Å². The summed E-state index contributed by atoms with van der Waals surface area (Å²) in [5, 5.41) is 1.25. The van der Waals surface area contributed by atoms with Crippen molar-refractivity contribution in [3.8, 4) is 0 Å². The molecule has 1 aliphatic carbocycles. The van der Waals surface area contributed by atoms with Crippen LogP contribution in [0, 0.1) is 5.92 Å². The number of alkyl halides is 1. The zero-order valence-electron chi connectivity index (χ0n) is 10.1. The molecule has 0 spiro atoms. The molecule has 0 radical (unpaired) electrons. The topological polar surface area (TPSA) is 0 Å². The fourth-order valence-corrected chi connectivity index (χ4v) is 5.05. The highest BCUT2D eigenvalue weighted by atomic mass is 35.5. The minimum absolute atomic E-state index is 0.447. The minimum atomic E-state index is 0.447. The van der Waals surface area contributed by atoms with E-state index < -0.39 is 0 Å². The van der Waals surface area contributed by atoms with Gasteiger partial charge in [0.15, 0.2) is 0 Å². The van der Waals surface area contributed by atoms with Crippen molar-refractivity contribution in [3.05, 3.63) is 29.8 Å². The second-order valence-electron chi connectivity index (χ2n) is 5.42. The molecule has 0 N–H and O–H groups in total. The van der Waals surface area contributed by atoms with Crippen molar-refractivity contribution in [2.75, 3.05) is 0 Å². The van der Waals surface area contributed by atoms with Gasteiger partial charge in [-0.05, 0) is 43.2 Å². The molecule has 3 atom stereocenters. The summed E-state index contributed by atoms with van der Waals surface area (Å²) in [6.45, 7) is 0. The zero-order valence-corrected chi connectivity index (χ0v) is 11.6. The summed E-state index contributed by atoms with van der Waals surface area (Å²) in [6, 6.07) is 8.87. The van der Waals surface area contributed by atoms with Crippen LogP contribution in [-0.4, -0.2) is 10.6 Å². The monoisotopic (exact) mass is 266 g/mol. The van der Waals surface area contributed by atoms with Gasteiger partial charge in [-0.25, -0.2) is 0 Å². The molecule has 0 nitrogen and oxygen atoms in total. The van der Waals surface area contributed by atoms with Gasteiger partial charge in [0.05, 0.1) is 0 Å². The zero-order chi connectivity index (χ0) is 11.7. The Kier molecular flexibility index (Phi) is 3.67. The van der Waals surface area contributed by atoms with Gasteiger partial charge in [-0.1, -0.05) is 31.0 Å². The summed E-state index contributed by atoms with van der Waals surface area (Å²) in [4.78, 5) is 1.51. The SMILES string of the molecule is ClC1CCCC(CC2Cc3ccccc3S2)C1. The van der Waals surface area contributed by atoms with Crippen molar-refractivity contribution < 1.29 is 0 Å². The fourth-order valence-electron chi connectivity index (χ4n) is 3.20. The minimum Gasteiger partial charge on any atom is -0.123 e. The van der Waals surface area contributed by atoms with Gasteiger partial charge in [0.2, 0.25) is 0 Å². The number of hydrogen-bond acceptors (Lipinski definition) is 1. The predicted molar refractivity (Wildman–Crippen MR) is 76.0 cm³/mol. The third-order valence-electron chi connectivity index (χ3n) is 4.03. The molecule has 1 aliphatic heterocycles. The van der Waals surface area contributed by atoms with Crippen LogP contribution in [-0.2, 0) is 6.42 Å². The summed E-state index contributed by atoms with van der Waals surface area (Å²) >= 11 is 8.37. The first-order valence-electron chi connectivity index (χ1n) is 6.70. The van der Waals surface area contributed by atoms with E-state index >= 15 is 0 Å². The maximum atomic E-state index is 6.28. The first-order valence-corrected chi connectivity index (χ1v) is 8.01. The van der Waals surface area contributed by atoms with Crippen molar-refractivity contribution in [2.24, 2.45) is 5.92 Å². The molecule has 1 fully saturated rings. The first kappa shape index (κ1) is 11.9. The van der Waals surface area contributed by atoms with E-state index in [9.17, 15) is 0 Å². The normalized spacial score (nSPS) is 32.4. The van der Waals surface area contributed by atoms with E-state index in [2.05, 4.69) is 36.0 Å². The second-order valence-corrected chi connectivity index (χ2v) is 7.38. The summed E-state index contributed by atoms with van der Waals surface area (Å²) in [5.74, 6) is 0.873. The Morgan fingerprint density at radius 3 is 2.94 bits per heavy atom. The van der Waals surface area contributed by atoms with E-state index in [0.29, 0.717) is 5.38 Å². The third kappa shape index (κ3) is 2.82. The quantitative estimate of drug-likeness (QED) is 0.687. The second kappa shape index (κ2) is 5.24. The molecule has 2 aliphatic rings. The molecule has 2 heteroatoms. The molecule has 0 saturated heterocycles. The fraction of sp³-hybridized carbons (Fsp3) is 0.600. The maximum absolute atomic E-state index is 6.28. The third-order valence-corrected chi connectivity index (χ3v) is 5.77. The van der Waals surface area contributed by atoms with Crippen molar-refractivity contribution in [3.63, 3.8) is 0 Å². The molecular formula is C15H19ClS. The lowest BCUT2D eigenvalue weighted by molar-refractivity contribution is 0.341. The number of fused-ring (bicyclic) bond motifs is 1. The van der Waals surface area contributed by atoms with Crippen molar-refractivity contribution in [1.29, 1.82) is 0 Å². The molecule has 1 aromatic carbocycles. The molecule has 17 heavy (non-hydrogen) atoms. The molecule has 1 saturated carbocycles. The highest BCUT2D eigenvalue weighted by Gasteiger charge is 2.27. The van der Waals surface area contributed by atoms with Gasteiger partial charge < -0.3 is 0 Å². The summed E-state index contributed by atoms with van der Waals surface area (Å²) in [5.41, 5.74) is 1.56. The highest BCUT2D eigenvalue weighted by molar-refractivity contribution is 8.00. The summed E-state index contributed by atoms with van der Waals surface area (Å²) in [6.07, 6.45) is 7.84. The Labute approximate surface area is 113 Å². The van der Waals surface area contributed by atoms with E-state index in [1.807, 2.05) is 0 Å². The Morgan fingerprint density at radius 2 is 2.12 bits per heavy atom. The van der Waals surface area contributed by atoms with E-state index in [1.165, 1.54) is 43.4 Å². The van der Waals surface area contributed by atoms with Crippen molar-refractivity contribution in [1.82, 2.24) is 0 Å². The largest absolute Gasteiger partial charge is 0.123 e. The molecule has 1 heterocycles. The molecule has 3 rings (SSSR count). The number of halogens is 1. The van der Waals surface area contributed by atoms with Crippen molar-refractivity contribution >= 4 is 23.4 Å². The van der Waals surface area contributed by atoms with Crippen LogP contribution in [0.3, 0.4) is 0 Å². The van der Waals surface area contributed by atoms with Crippen LogP contribution in [0.25, 0.3) is 0 Å². The van der Waals surface area contributed by atoms with Crippen LogP contribution in [0.1, 0.15) is 37.7 Å². The molecule has 92 valence electrons. The Balaban J connectivity index is 1.58. The first-order chi connectivity index (χ1) is 8.31. The Bertz CT molecular complexity index is 365. The number of benzene rings is 1. The van der Waals surface area contributed by atoms with Crippen LogP contribution >= 0.6 is 23.4 Å². The number of thioether (sulfide) groups is 1. The average Bonchev–Trinajstić information content (AvgIpc) is 2.71. The number of rotatable bonds is 2. The van der Waals surface area contributed by atoms with Crippen molar-refractivity contribution in [2.45, 2.75) is 54.0 Å². The lowest BCUT2D eigenvalue weighted by Crippen LogP contribution is -2.19. The Hall–Kier alpha value is -0.140. The van der Waals surface area contributed by atoms with Gasteiger partial charge in [0.25, 0.3) is 0 Å².